The van der Waals surface area contributed by atoms with Gasteiger partial charge in [-0.2, -0.15) is 0 Å². The molecule has 0 aliphatic rings. The molecule has 2 aromatic rings. The van der Waals surface area contributed by atoms with E-state index in [4.69, 9.17) is 32.7 Å². The predicted molar refractivity (Wildman–Crippen MR) is 105 cm³/mol. The Hall–Kier alpha value is -1.10. The maximum absolute atomic E-state index is 6.04. The topological polar surface area (TPSA) is 30.5 Å². The van der Waals surface area contributed by atoms with Crippen LogP contribution in [0.15, 0.2) is 34.8 Å². The van der Waals surface area contributed by atoms with Crippen LogP contribution in [0.2, 0.25) is 10.0 Å². The summed E-state index contributed by atoms with van der Waals surface area (Å²) in [5, 5.41) is 4.40. The molecule has 0 aromatic heterocycles. The van der Waals surface area contributed by atoms with Crippen molar-refractivity contribution in [2.24, 2.45) is 0 Å². The zero-order valence-corrected chi connectivity index (χ0v) is 16.8. The summed E-state index contributed by atoms with van der Waals surface area (Å²) >= 11 is 15.6. The first-order chi connectivity index (χ1) is 11.5. The van der Waals surface area contributed by atoms with Crippen LogP contribution in [0.1, 0.15) is 25.8 Å². The van der Waals surface area contributed by atoms with Crippen molar-refractivity contribution < 1.29 is 9.47 Å². The fourth-order valence-corrected chi connectivity index (χ4v) is 3.04. The molecule has 0 unspecified atom stereocenters. The Morgan fingerprint density at radius 1 is 1.04 bits per heavy atom. The summed E-state index contributed by atoms with van der Waals surface area (Å²) in [7, 11) is 0. The molecule has 0 saturated carbocycles. The van der Waals surface area contributed by atoms with Gasteiger partial charge < -0.3 is 14.8 Å². The van der Waals surface area contributed by atoms with Crippen molar-refractivity contribution in [2.75, 3.05) is 18.5 Å². The van der Waals surface area contributed by atoms with E-state index in [0.717, 1.165) is 33.6 Å². The van der Waals surface area contributed by atoms with Crippen LogP contribution in [-0.4, -0.2) is 13.2 Å². The molecule has 0 saturated heterocycles. The third kappa shape index (κ3) is 5.20. The number of hydrogen-bond donors (Lipinski definition) is 1. The zero-order valence-electron chi connectivity index (χ0n) is 13.7. The van der Waals surface area contributed by atoms with Crippen LogP contribution in [0.4, 0.5) is 5.69 Å². The number of halogens is 3. The molecule has 24 heavy (non-hydrogen) atoms. The molecular weight excluding hydrogens is 413 g/mol. The first kappa shape index (κ1) is 19.2. The van der Waals surface area contributed by atoms with Gasteiger partial charge in [-0.05, 0) is 65.2 Å². The second-order valence-electron chi connectivity index (χ2n) is 5.17. The van der Waals surface area contributed by atoms with Crippen molar-refractivity contribution in [1.82, 2.24) is 0 Å². The van der Waals surface area contributed by atoms with Crippen molar-refractivity contribution in [3.63, 3.8) is 0 Å². The van der Waals surface area contributed by atoms with Gasteiger partial charge in [0.25, 0.3) is 0 Å². The van der Waals surface area contributed by atoms with Gasteiger partial charge in [-0.15, -0.1) is 0 Å². The minimum atomic E-state index is 0.529. The fourth-order valence-electron chi connectivity index (χ4n) is 2.14. The zero-order chi connectivity index (χ0) is 17.5. The minimum Gasteiger partial charge on any atom is -0.490 e. The molecule has 130 valence electrons. The normalized spacial score (nSPS) is 10.5. The van der Waals surface area contributed by atoms with Gasteiger partial charge in [-0.25, -0.2) is 0 Å². The van der Waals surface area contributed by atoms with E-state index in [1.165, 1.54) is 0 Å². The molecule has 0 amide bonds. The largest absolute Gasteiger partial charge is 0.490 e. The van der Waals surface area contributed by atoms with Gasteiger partial charge in [0.2, 0.25) is 0 Å². The third-order valence-electron chi connectivity index (χ3n) is 3.24. The van der Waals surface area contributed by atoms with Gasteiger partial charge in [0, 0.05) is 12.2 Å². The second kappa shape index (κ2) is 9.40. The lowest BCUT2D eigenvalue weighted by atomic mass is 10.2. The number of hydrogen-bond acceptors (Lipinski definition) is 3. The van der Waals surface area contributed by atoms with Gasteiger partial charge in [-0.3, -0.25) is 0 Å². The summed E-state index contributed by atoms with van der Waals surface area (Å²) in [6.45, 7) is 5.89. The first-order valence-electron chi connectivity index (χ1n) is 7.82. The molecule has 0 bridgehead atoms. The molecule has 0 spiro atoms. The maximum atomic E-state index is 6.04. The summed E-state index contributed by atoms with van der Waals surface area (Å²) < 4.78 is 12.4. The van der Waals surface area contributed by atoms with Gasteiger partial charge in [0.1, 0.15) is 0 Å². The predicted octanol–water partition coefficient (Wildman–Crippen LogP) is 6.56. The molecule has 2 rings (SSSR count). The monoisotopic (exact) mass is 431 g/mol. The number of ether oxygens (including phenoxy) is 2. The van der Waals surface area contributed by atoms with E-state index in [0.29, 0.717) is 29.8 Å². The van der Waals surface area contributed by atoms with Gasteiger partial charge in [-0.1, -0.05) is 30.1 Å². The third-order valence-corrected chi connectivity index (χ3v) is 4.56. The molecule has 0 heterocycles. The second-order valence-corrected chi connectivity index (χ2v) is 6.84. The van der Waals surface area contributed by atoms with Crippen LogP contribution >= 0.6 is 39.1 Å². The standard InChI is InChI=1S/C18H20BrCl2NO2/c1-3-7-24-18-14(19)8-12(9-17(18)23-4-2)11-22-13-5-6-15(20)16(21)10-13/h5-6,8-10,22H,3-4,7,11H2,1-2H3. The van der Waals surface area contributed by atoms with E-state index in [1.54, 1.807) is 12.1 Å². The van der Waals surface area contributed by atoms with E-state index in [1.807, 2.05) is 25.1 Å². The summed E-state index contributed by atoms with van der Waals surface area (Å²) in [5.41, 5.74) is 1.98. The summed E-state index contributed by atoms with van der Waals surface area (Å²) in [4.78, 5) is 0. The average Bonchev–Trinajstić information content (AvgIpc) is 2.55. The molecule has 0 radical (unpaired) electrons. The first-order valence-corrected chi connectivity index (χ1v) is 9.37. The molecule has 0 aliphatic carbocycles. The van der Waals surface area contributed by atoms with E-state index in [9.17, 15) is 0 Å². The van der Waals surface area contributed by atoms with Gasteiger partial charge in [0.15, 0.2) is 11.5 Å². The highest BCUT2D eigenvalue weighted by molar-refractivity contribution is 9.10. The van der Waals surface area contributed by atoms with Crippen LogP contribution in [0.5, 0.6) is 11.5 Å². The number of nitrogens with one attached hydrogen (secondary N) is 1. The molecule has 1 N–H and O–H groups in total. The highest BCUT2D eigenvalue weighted by atomic mass is 79.9. The molecule has 6 heteroatoms. The Morgan fingerprint density at radius 3 is 2.50 bits per heavy atom. The molecular formula is C18H20BrCl2NO2. The van der Waals surface area contributed by atoms with Crippen molar-refractivity contribution >= 4 is 44.8 Å². The van der Waals surface area contributed by atoms with Crippen molar-refractivity contribution in [3.05, 3.63) is 50.4 Å². The quantitative estimate of drug-likeness (QED) is 0.512. The summed E-state index contributed by atoms with van der Waals surface area (Å²) in [5.74, 6) is 1.49. The smallest absolute Gasteiger partial charge is 0.175 e. The lowest BCUT2D eigenvalue weighted by Crippen LogP contribution is -2.04. The highest BCUT2D eigenvalue weighted by Crippen LogP contribution is 2.37. The van der Waals surface area contributed by atoms with E-state index in [-0.39, 0.29) is 0 Å². The Bertz CT molecular complexity index is 695. The Labute approximate surface area is 161 Å². The number of rotatable bonds is 8. The van der Waals surface area contributed by atoms with Crippen LogP contribution in [0.3, 0.4) is 0 Å². The molecule has 0 aliphatic heterocycles. The van der Waals surface area contributed by atoms with Crippen molar-refractivity contribution in [3.8, 4) is 11.5 Å². The molecule has 3 nitrogen and oxygen atoms in total. The lowest BCUT2D eigenvalue weighted by Gasteiger charge is -2.16. The van der Waals surface area contributed by atoms with Crippen molar-refractivity contribution in [2.45, 2.75) is 26.8 Å². The van der Waals surface area contributed by atoms with E-state index < -0.39 is 0 Å². The van der Waals surface area contributed by atoms with Crippen LogP contribution in [0, 0.1) is 0 Å². The van der Waals surface area contributed by atoms with Crippen LogP contribution < -0.4 is 14.8 Å². The molecule has 0 fully saturated rings. The van der Waals surface area contributed by atoms with Gasteiger partial charge in [0.05, 0.1) is 27.7 Å². The SMILES string of the molecule is CCCOc1c(Br)cc(CNc2ccc(Cl)c(Cl)c2)cc1OCC. The Morgan fingerprint density at radius 2 is 1.83 bits per heavy atom. The van der Waals surface area contributed by atoms with Crippen LogP contribution in [-0.2, 0) is 6.54 Å². The number of anilines is 1. The number of benzene rings is 2. The summed E-state index contributed by atoms with van der Waals surface area (Å²) in [6, 6.07) is 9.49. The Kier molecular flexibility index (Phi) is 7.53. The fraction of sp³-hybridized carbons (Fsp3) is 0.333. The van der Waals surface area contributed by atoms with E-state index >= 15 is 0 Å². The average molecular weight is 433 g/mol. The van der Waals surface area contributed by atoms with Gasteiger partial charge >= 0.3 is 0 Å². The summed E-state index contributed by atoms with van der Waals surface area (Å²) in [6.07, 6.45) is 0.943. The maximum Gasteiger partial charge on any atom is 0.175 e. The molecule has 0 atom stereocenters. The highest BCUT2D eigenvalue weighted by Gasteiger charge is 2.12. The van der Waals surface area contributed by atoms with E-state index in [2.05, 4.69) is 28.2 Å². The lowest BCUT2D eigenvalue weighted by molar-refractivity contribution is 0.275. The van der Waals surface area contributed by atoms with Crippen molar-refractivity contribution in [1.29, 1.82) is 0 Å². The Balaban J connectivity index is 2.16. The van der Waals surface area contributed by atoms with Crippen LogP contribution in [0.25, 0.3) is 0 Å². The molecule has 2 aromatic carbocycles. The minimum absolute atomic E-state index is 0.529.